The van der Waals surface area contributed by atoms with Crippen LogP contribution < -0.4 is 4.90 Å². The third-order valence-electron chi connectivity index (χ3n) is 7.31. The monoisotopic (exact) mass is 536 g/mol. The minimum absolute atomic E-state index is 0.00746. The molecule has 2 aromatic carbocycles. The first-order valence-electron chi connectivity index (χ1n) is 11.5. The van der Waals surface area contributed by atoms with Gasteiger partial charge in [0, 0.05) is 53.6 Å². The zero-order valence-electron chi connectivity index (χ0n) is 18.4. The van der Waals surface area contributed by atoms with E-state index in [9.17, 15) is 17.8 Å². The van der Waals surface area contributed by atoms with Gasteiger partial charge in [-0.3, -0.25) is 4.79 Å². The van der Waals surface area contributed by atoms with Crippen LogP contribution in [0.1, 0.15) is 60.9 Å². The van der Waals surface area contributed by atoms with Crippen molar-refractivity contribution in [2.45, 2.75) is 61.2 Å². The van der Waals surface area contributed by atoms with Gasteiger partial charge in [0.2, 0.25) is 0 Å². The SMILES string of the molecule is O=C(c1cccc(S(=O)N2CCC(F)(F)CC2)c1)N1CC2(CCCCC2)c2cc(Br)ccc21. The number of hydrogen-bond acceptors (Lipinski definition) is 2. The number of hydrogen-bond donors (Lipinski definition) is 0. The Bertz CT molecular complexity index is 1090. The molecule has 1 aliphatic carbocycles. The molecule has 0 N–H and O–H groups in total. The summed E-state index contributed by atoms with van der Waals surface area (Å²) in [5, 5.41) is 0. The van der Waals surface area contributed by atoms with Gasteiger partial charge in [-0.05, 0) is 54.8 Å². The highest BCUT2D eigenvalue weighted by atomic mass is 79.9. The molecule has 0 radical (unpaired) electrons. The van der Waals surface area contributed by atoms with Gasteiger partial charge in [0.15, 0.2) is 0 Å². The summed E-state index contributed by atoms with van der Waals surface area (Å²) in [6, 6.07) is 13.0. The van der Waals surface area contributed by atoms with Crippen molar-refractivity contribution in [1.82, 2.24) is 4.31 Å². The summed E-state index contributed by atoms with van der Waals surface area (Å²) in [5.41, 5.74) is 2.66. The van der Waals surface area contributed by atoms with Crippen LogP contribution in [0.3, 0.4) is 0 Å². The van der Waals surface area contributed by atoms with E-state index in [4.69, 9.17) is 0 Å². The van der Waals surface area contributed by atoms with E-state index in [1.807, 2.05) is 17.0 Å². The Morgan fingerprint density at radius 2 is 1.70 bits per heavy atom. The van der Waals surface area contributed by atoms with E-state index in [0.29, 0.717) is 17.0 Å². The second-order valence-electron chi connectivity index (χ2n) is 9.46. The maximum absolute atomic E-state index is 13.7. The van der Waals surface area contributed by atoms with E-state index in [1.54, 1.807) is 28.6 Å². The van der Waals surface area contributed by atoms with Crippen molar-refractivity contribution in [3.8, 4) is 0 Å². The zero-order chi connectivity index (χ0) is 23.2. The van der Waals surface area contributed by atoms with Crippen LogP contribution in [0, 0.1) is 0 Å². The van der Waals surface area contributed by atoms with Crippen molar-refractivity contribution in [3.63, 3.8) is 0 Å². The van der Waals surface area contributed by atoms with Gasteiger partial charge in [-0.15, -0.1) is 0 Å². The highest BCUT2D eigenvalue weighted by Crippen LogP contribution is 2.50. The molecule has 1 saturated heterocycles. The Morgan fingerprint density at radius 1 is 0.970 bits per heavy atom. The fourth-order valence-corrected chi connectivity index (χ4v) is 7.10. The number of rotatable bonds is 3. The quantitative estimate of drug-likeness (QED) is 0.478. The number of benzene rings is 2. The molecule has 0 bridgehead atoms. The highest BCUT2D eigenvalue weighted by molar-refractivity contribution is 9.10. The van der Waals surface area contributed by atoms with Crippen molar-refractivity contribution < 1.29 is 17.8 Å². The van der Waals surface area contributed by atoms with Gasteiger partial charge in [-0.25, -0.2) is 17.3 Å². The number of piperidine rings is 1. The maximum Gasteiger partial charge on any atom is 0.258 e. The normalized spacial score (nSPS) is 22.8. The molecular formula is C25H27BrF2N2O2S. The number of carbonyl (C=O) groups is 1. The number of nitrogens with zero attached hydrogens (tertiary/aromatic N) is 2. The Balaban J connectivity index is 1.41. The van der Waals surface area contributed by atoms with E-state index >= 15 is 0 Å². The Hall–Kier alpha value is -1.64. The van der Waals surface area contributed by atoms with Crippen LogP contribution >= 0.6 is 15.9 Å². The molecule has 2 fully saturated rings. The van der Waals surface area contributed by atoms with Crippen LogP contribution in [-0.4, -0.2) is 40.0 Å². The molecule has 0 aromatic heterocycles. The van der Waals surface area contributed by atoms with Gasteiger partial charge < -0.3 is 4.90 Å². The number of carbonyl (C=O) groups excluding carboxylic acids is 1. The van der Waals surface area contributed by atoms with Gasteiger partial charge in [0.25, 0.3) is 11.8 Å². The molecular weight excluding hydrogens is 510 g/mol. The molecule has 1 saturated carbocycles. The summed E-state index contributed by atoms with van der Waals surface area (Å²) in [4.78, 5) is 16.0. The summed E-state index contributed by atoms with van der Waals surface area (Å²) >= 11 is 3.60. The first-order valence-corrected chi connectivity index (χ1v) is 13.4. The molecule has 33 heavy (non-hydrogen) atoms. The molecule has 1 unspecified atom stereocenters. The zero-order valence-corrected chi connectivity index (χ0v) is 20.8. The van der Waals surface area contributed by atoms with E-state index in [2.05, 4.69) is 22.0 Å². The largest absolute Gasteiger partial charge is 0.307 e. The standard InChI is InChI=1S/C25H27BrF2N2O2S/c26-19-7-8-22-21(16-19)24(9-2-1-3-10-24)17-30(22)23(31)18-5-4-6-20(15-18)33(32)29-13-11-25(27,28)12-14-29/h4-8,15-16H,1-3,9-14,17H2. The van der Waals surface area contributed by atoms with Crippen LogP contribution in [0.4, 0.5) is 14.5 Å². The van der Waals surface area contributed by atoms with Gasteiger partial charge in [0.05, 0.1) is 4.90 Å². The molecule has 1 amide bonds. The molecule has 1 atom stereocenters. The third kappa shape index (κ3) is 4.42. The van der Waals surface area contributed by atoms with E-state index in [0.717, 1.165) is 35.8 Å². The number of alkyl halides is 2. The van der Waals surface area contributed by atoms with Crippen molar-refractivity contribution >= 4 is 38.5 Å². The van der Waals surface area contributed by atoms with Gasteiger partial charge in [-0.2, -0.15) is 0 Å². The average molecular weight is 537 g/mol. The van der Waals surface area contributed by atoms with Crippen LogP contribution in [0.5, 0.6) is 0 Å². The molecule has 4 nitrogen and oxygen atoms in total. The lowest BCUT2D eigenvalue weighted by molar-refractivity contribution is -0.0405. The Kier molecular flexibility index (Phi) is 6.20. The predicted molar refractivity (Wildman–Crippen MR) is 129 cm³/mol. The lowest BCUT2D eigenvalue weighted by atomic mass is 9.71. The molecule has 5 rings (SSSR count). The van der Waals surface area contributed by atoms with E-state index in [1.165, 1.54) is 12.0 Å². The van der Waals surface area contributed by atoms with Crippen LogP contribution in [0.25, 0.3) is 0 Å². The van der Waals surface area contributed by atoms with Crippen LogP contribution in [0.15, 0.2) is 51.8 Å². The molecule has 2 heterocycles. The molecule has 2 aromatic rings. The van der Waals surface area contributed by atoms with Crippen LogP contribution in [-0.2, 0) is 16.4 Å². The minimum atomic E-state index is -2.69. The Morgan fingerprint density at radius 3 is 2.42 bits per heavy atom. The van der Waals surface area contributed by atoms with E-state index < -0.39 is 16.9 Å². The van der Waals surface area contributed by atoms with E-state index in [-0.39, 0.29) is 37.3 Å². The van der Waals surface area contributed by atoms with Gasteiger partial charge >= 0.3 is 0 Å². The second-order valence-corrected chi connectivity index (χ2v) is 11.9. The number of amides is 1. The minimum Gasteiger partial charge on any atom is -0.307 e. The number of fused-ring (bicyclic) bond motifs is 2. The molecule has 8 heteroatoms. The topological polar surface area (TPSA) is 40.6 Å². The smallest absolute Gasteiger partial charge is 0.258 e. The molecule has 2 aliphatic heterocycles. The molecule has 3 aliphatic rings. The lowest BCUT2D eigenvalue weighted by Gasteiger charge is -2.34. The summed E-state index contributed by atoms with van der Waals surface area (Å²) in [5.74, 6) is -2.80. The van der Waals surface area contributed by atoms with Crippen molar-refractivity contribution in [2.24, 2.45) is 0 Å². The number of halogens is 3. The average Bonchev–Trinajstić information content (AvgIpc) is 3.11. The predicted octanol–water partition coefficient (Wildman–Crippen LogP) is 6.07. The van der Waals surface area contributed by atoms with Gasteiger partial charge in [-0.1, -0.05) is 41.3 Å². The van der Waals surface area contributed by atoms with Crippen molar-refractivity contribution in [3.05, 3.63) is 58.1 Å². The highest BCUT2D eigenvalue weighted by Gasteiger charge is 2.45. The van der Waals surface area contributed by atoms with Crippen molar-refractivity contribution in [2.75, 3.05) is 24.5 Å². The van der Waals surface area contributed by atoms with Crippen LogP contribution in [0.2, 0.25) is 0 Å². The third-order valence-corrected chi connectivity index (χ3v) is 9.29. The molecule has 176 valence electrons. The fraction of sp³-hybridized carbons (Fsp3) is 0.480. The van der Waals surface area contributed by atoms with Gasteiger partial charge in [0.1, 0.15) is 11.0 Å². The lowest BCUT2D eigenvalue weighted by Crippen LogP contribution is -2.40. The first kappa shape index (κ1) is 23.1. The number of anilines is 1. The summed E-state index contributed by atoms with van der Waals surface area (Å²) < 4.78 is 42.6. The second kappa shape index (κ2) is 8.86. The summed E-state index contributed by atoms with van der Waals surface area (Å²) in [6.07, 6.45) is 5.12. The summed E-state index contributed by atoms with van der Waals surface area (Å²) in [7, 11) is -1.57. The van der Waals surface area contributed by atoms with Crippen molar-refractivity contribution in [1.29, 1.82) is 0 Å². The first-order chi connectivity index (χ1) is 15.8. The fourth-order valence-electron chi connectivity index (χ4n) is 5.50. The Labute approximate surface area is 204 Å². The summed E-state index contributed by atoms with van der Waals surface area (Å²) in [6.45, 7) is 0.815. The molecule has 1 spiro atoms. The maximum atomic E-state index is 13.7.